The van der Waals surface area contributed by atoms with E-state index in [2.05, 4.69) is 20.3 Å². The molecule has 0 aliphatic rings. The second-order valence-corrected chi connectivity index (χ2v) is 6.28. The van der Waals surface area contributed by atoms with E-state index in [1.54, 1.807) is 4.98 Å². The number of nitrogens with zero attached hydrogens (tertiary/aromatic N) is 2. The quantitative estimate of drug-likeness (QED) is 0.248. The molecule has 0 aromatic carbocycles. The number of halogens is 7. The van der Waals surface area contributed by atoms with Crippen molar-refractivity contribution in [2.45, 2.75) is 24.2 Å². The number of carbonyl (C=O) groups excluding carboxylic acids is 2. The fourth-order valence-corrected chi connectivity index (χ4v) is 1.52. The number of anilines is 2. The van der Waals surface area contributed by atoms with Crippen LogP contribution >= 0.6 is 22.6 Å². The van der Waals surface area contributed by atoms with E-state index in [-0.39, 0.29) is 5.91 Å². The molecule has 0 spiro atoms. The minimum absolute atomic E-state index is 0.230. The van der Waals surface area contributed by atoms with Crippen molar-refractivity contribution >= 4 is 46.0 Å². The summed E-state index contributed by atoms with van der Waals surface area (Å²) in [6.07, 6.45) is -3.00. The second-order valence-electron chi connectivity index (χ2n) is 5.05. The van der Waals surface area contributed by atoms with Crippen LogP contribution in [0.4, 0.5) is 38.0 Å². The van der Waals surface area contributed by atoms with E-state index in [4.69, 9.17) is 0 Å². The van der Waals surface area contributed by atoms with Crippen molar-refractivity contribution in [3.8, 4) is 0 Å². The molecule has 4 N–H and O–H groups in total. The molecule has 0 saturated carbocycles. The third kappa shape index (κ3) is 14.6. The highest BCUT2D eigenvalue weighted by molar-refractivity contribution is 14.1. The summed E-state index contributed by atoms with van der Waals surface area (Å²) in [6.45, 7) is 2.39. The van der Waals surface area contributed by atoms with Crippen LogP contribution in [0, 0.1) is 0 Å². The monoisotopic (exact) mass is 570 g/mol. The number of nitrogens with one attached hydrogen (secondary N) is 4. The second kappa shape index (κ2) is 12.0. The highest BCUT2D eigenvalue weighted by Gasteiger charge is 2.35. The molecule has 2 aromatic heterocycles. The number of H-pyrrole nitrogens is 2. The Kier molecular flexibility index (Phi) is 10.8. The summed E-state index contributed by atoms with van der Waals surface area (Å²) in [4.78, 5) is 52.7. The first kappa shape index (κ1) is 28.0. The van der Waals surface area contributed by atoms with Crippen molar-refractivity contribution in [1.29, 1.82) is 0 Å². The van der Waals surface area contributed by atoms with Gasteiger partial charge in [-0.05, 0) is 6.07 Å². The minimum Gasteiger partial charge on any atom is -0.312 e. The van der Waals surface area contributed by atoms with Gasteiger partial charge in [0.25, 0.3) is 0 Å². The van der Waals surface area contributed by atoms with Gasteiger partial charge in [-0.25, -0.2) is 19.6 Å². The fourth-order valence-electron chi connectivity index (χ4n) is 1.52. The number of alkyl halides is 7. The zero-order valence-electron chi connectivity index (χ0n) is 15.4. The van der Waals surface area contributed by atoms with Gasteiger partial charge in [-0.2, -0.15) is 26.3 Å². The Bertz CT molecular complexity index is 998. The van der Waals surface area contributed by atoms with E-state index in [0.29, 0.717) is 34.6 Å². The van der Waals surface area contributed by atoms with E-state index >= 15 is 0 Å². The Morgan fingerprint density at radius 2 is 1.42 bits per heavy atom. The number of aromatic nitrogens is 4. The molecule has 0 unspecified atom stereocenters. The van der Waals surface area contributed by atoms with Gasteiger partial charge in [0.05, 0.1) is 0 Å². The molecule has 172 valence electrons. The highest BCUT2D eigenvalue weighted by Crippen LogP contribution is 2.32. The topological polar surface area (TPSA) is 150 Å². The van der Waals surface area contributed by atoms with Crippen LogP contribution in [-0.2, 0) is 15.8 Å². The summed E-state index contributed by atoms with van der Waals surface area (Å²) in [5.74, 6) is -1.29. The zero-order valence-corrected chi connectivity index (χ0v) is 17.6. The maximum absolute atomic E-state index is 12.3. The van der Waals surface area contributed by atoms with E-state index in [9.17, 15) is 45.5 Å². The van der Waals surface area contributed by atoms with E-state index < -0.39 is 39.0 Å². The molecule has 2 heterocycles. The van der Waals surface area contributed by atoms with Gasteiger partial charge in [0.15, 0.2) is 0 Å². The molecule has 10 nitrogen and oxygen atoms in total. The first-order chi connectivity index (χ1) is 14.0. The Labute approximate surface area is 182 Å². The third-order valence-electron chi connectivity index (χ3n) is 2.40. The van der Waals surface area contributed by atoms with Gasteiger partial charge >= 0.3 is 21.7 Å². The van der Waals surface area contributed by atoms with Crippen molar-refractivity contribution in [2.75, 3.05) is 10.6 Å². The fraction of sp³-hybridized carbons (Fsp3) is 0.286. The Morgan fingerprint density at radius 1 is 0.935 bits per heavy atom. The normalized spacial score (nSPS) is 10.6. The van der Waals surface area contributed by atoms with Crippen LogP contribution in [0.15, 0.2) is 28.0 Å². The molecular weight excluding hydrogens is 557 g/mol. The lowest BCUT2D eigenvalue weighted by molar-refractivity contribution is -0.137. The predicted octanol–water partition coefficient (Wildman–Crippen LogP) is 2.42. The van der Waals surface area contributed by atoms with Crippen LogP contribution in [0.25, 0.3) is 0 Å². The molecule has 0 atom stereocenters. The SMILES string of the molecule is CC(=O)Nc1[nH]c(=O)ncc1C(F)(F)F.CC(=O)Nc1ccnc(=O)[nH]1.FC(F)(F)I. The first-order valence-electron chi connectivity index (χ1n) is 7.51. The van der Waals surface area contributed by atoms with Gasteiger partial charge in [-0.1, -0.05) is 0 Å². The summed E-state index contributed by atoms with van der Waals surface area (Å²) < 4.78 is 63.9. The summed E-state index contributed by atoms with van der Waals surface area (Å²) in [7, 11) is 0. The number of rotatable bonds is 2. The molecule has 0 aliphatic carbocycles. The summed E-state index contributed by atoms with van der Waals surface area (Å²) in [5, 5.41) is 4.28. The average Bonchev–Trinajstić information content (AvgIpc) is 2.51. The largest absolute Gasteiger partial charge is 0.441 e. The number of aromatic amines is 2. The Balaban J connectivity index is 0.000000492. The van der Waals surface area contributed by atoms with E-state index in [1.165, 1.54) is 19.2 Å². The maximum atomic E-state index is 12.3. The van der Waals surface area contributed by atoms with Crippen LogP contribution in [0.2, 0.25) is 0 Å². The van der Waals surface area contributed by atoms with Crippen molar-refractivity contribution in [3.05, 3.63) is 45.0 Å². The lowest BCUT2D eigenvalue weighted by atomic mass is 10.3. The third-order valence-corrected chi connectivity index (χ3v) is 2.40. The molecular formula is C14H13F6IN6O4. The molecule has 2 aromatic rings. The zero-order chi connectivity index (χ0) is 24.4. The summed E-state index contributed by atoms with van der Waals surface area (Å²) in [6, 6.07) is 1.50. The van der Waals surface area contributed by atoms with Gasteiger partial charge in [0.2, 0.25) is 11.8 Å². The van der Waals surface area contributed by atoms with Crippen molar-refractivity contribution in [3.63, 3.8) is 0 Å². The molecule has 17 heteroatoms. The predicted molar refractivity (Wildman–Crippen MR) is 103 cm³/mol. The number of amides is 2. The van der Waals surface area contributed by atoms with Crippen LogP contribution in [0.1, 0.15) is 19.4 Å². The van der Waals surface area contributed by atoms with E-state index in [1.807, 2.05) is 5.32 Å². The van der Waals surface area contributed by atoms with Crippen molar-refractivity contribution in [1.82, 2.24) is 19.9 Å². The van der Waals surface area contributed by atoms with Gasteiger partial charge < -0.3 is 10.6 Å². The smallest absolute Gasteiger partial charge is 0.312 e. The van der Waals surface area contributed by atoms with Crippen LogP contribution in [0.3, 0.4) is 0 Å². The van der Waals surface area contributed by atoms with Crippen LogP contribution < -0.4 is 22.0 Å². The number of carbonyl (C=O) groups is 2. The number of hydrogen-bond donors (Lipinski definition) is 4. The van der Waals surface area contributed by atoms with Crippen LogP contribution in [0.5, 0.6) is 0 Å². The average molecular weight is 570 g/mol. The summed E-state index contributed by atoms with van der Waals surface area (Å²) in [5.41, 5.74) is -2.64. The Hall–Kier alpha value is -2.99. The Morgan fingerprint density at radius 3 is 1.84 bits per heavy atom. The molecule has 31 heavy (non-hydrogen) atoms. The van der Waals surface area contributed by atoms with Gasteiger partial charge in [0.1, 0.15) is 17.2 Å². The van der Waals surface area contributed by atoms with E-state index in [0.717, 1.165) is 6.92 Å². The number of hydrogen-bond acceptors (Lipinski definition) is 6. The molecule has 0 radical (unpaired) electrons. The van der Waals surface area contributed by atoms with Gasteiger partial charge in [-0.15, -0.1) is 0 Å². The molecule has 0 saturated heterocycles. The molecule has 0 aliphatic heterocycles. The van der Waals surface area contributed by atoms with Crippen LogP contribution in [-0.4, -0.2) is 35.9 Å². The van der Waals surface area contributed by atoms with Crippen molar-refractivity contribution < 1.29 is 35.9 Å². The van der Waals surface area contributed by atoms with Gasteiger partial charge in [0, 0.05) is 48.8 Å². The molecule has 2 rings (SSSR count). The molecule has 0 bridgehead atoms. The maximum Gasteiger partial charge on any atom is 0.441 e. The van der Waals surface area contributed by atoms with Gasteiger partial charge in [-0.3, -0.25) is 19.6 Å². The summed E-state index contributed by atoms with van der Waals surface area (Å²) >= 11 is 0.378. The van der Waals surface area contributed by atoms with Crippen molar-refractivity contribution in [2.24, 2.45) is 0 Å². The molecule has 0 fully saturated rings. The lowest BCUT2D eigenvalue weighted by Crippen LogP contribution is -2.21. The lowest BCUT2D eigenvalue weighted by Gasteiger charge is -2.10. The molecule has 2 amide bonds. The minimum atomic E-state index is -4.69. The highest BCUT2D eigenvalue weighted by atomic mass is 127. The first-order valence-corrected chi connectivity index (χ1v) is 8.59. The standard InChI is InChI=1S/C7H6F3N3O2.C6H7N3O2.CF3I/c1-3(14)12-5-4(7(8,9)10)2-11-6(15)13-5;1-4(10)8-5-2-3-7-6(11)9-5;2-1(3,4)5/h2H,1H3,(H2,11,12,13,14,15);2-3H,1H3,(H2,7,8,9,10,11);.